The van der Waals surface area contributed by atoms with Gasteiger partial charge in [-0.05, 0) is 111 Å². The van der Waals surface area contributed by atoms with Crippen LogP contribution in [0.3, 0.4) is 0 Å². The van der Waals surface area contributed by atoms with Gasteiger partial charge in [-0.3, -0.25) is 0 Å². The Balaban J connectivity index is 0. The van der Waals surface area contributed by atoms with Gasteiger partial charge in [0.2, 0.25) is 0 Å². The Morgan fingerprint density at radius 3 is 2.06 bits per heavy atom. The summed E-state index contributed by atoms with van der Waals surface area (Å²) < 4.78 is 15.8. The van der Waals surface area contributed by atoms with Crippen LogP contribution >= 0.6 is 0 Å². The van der Waals surface area contributed by atoms with Crippen molar-refractivity contribution in [1.29, 1.82) is 5.26 Å². The number of benzene rings is 2. The summed E-state index contributed by atoms with van der Waals surface area (Å²) >= 11 is 0. The van der Waals surface area contributed by atoms with Gasteiger partial charge < -0.3 is 25.1 Å². The molecule has 2 N–H and O–H groups in total. The molecule has 278 valence electrons. The third-order valence-corrected chi connectivity index (χ3v) is 8.39. The van der Waals surface area contributed by atoms with Crippen molar-refractivity contribution in [3.05, 3.63) is 88.4 Å². The second kappa shape index (κ2) is 28.6. The van der Waals surface area contributed by atoms with E-state index >= 15 is 4.39 Å². The summed E-state index contributed by atoms with van der Waals surface area (Å²) in [4.78, 5) is 24.0. The molecule has 2 atom stereocenters. The molecule has 0 fully saturated rings. The van der Waals surface area contributed by atoms with Crippen molar-refractivity contribution in [1.82, 2.24) is 0 Å². The number of nitriles is 1. The van der Waals surface area contributed by atoms with Crippen LogP contribution in [0.4, 0.5) is 15.8 Å². The minimum atomic E-state index is -0.377. The van der Waals surface area contributed by atoms with Crippen LogP contribution in [0.25, 0.3) is 5.70 Å². The summed E-state index contributed by atoms with van der Waals surface area (Å²) in [5, 5.41) is 9.49. The van der Waals surface area contributed by atoms with Gasteiger partial charge in [-0.25, -0.2) is 4.39 Å². The van der Waals surface area contributed by atoms with E-state index < -0.39 is 0 Å². The first-order valence-corrected chi connectivity index (χ1v) is 18.5. The molecule has 0 amide bonds. The number of rotatable bonds is 17. The van der Waals surface area contributed by atoms with E-state index in [1.54, 1.807) is 12.1 Å². The maximum absolute atomic E-state index is 15.8. The largest absolute Gasteiger partial charge is 0.402 e. The smallest absolute Gasteiger partial charge is 0.148 e. The molecule has 7 heteroatoms. The van der Waals surface area contributed by atoms with E-state index in [0.29, 0.717) is 35.3 Å². The number of carbonyl (C=O) groups is 2. The molecule has 6 nitrogen and oxygen atoms in total. The van der Waals surface area contributed by atoms with Crippen molar-refractivity contribution in [3.63, 3.8) is 0 Å². The molecule has 2 unspecified atom stereocenters. The monoisotopic (exact) mass is 691 g/mol. The number of aldehydes is 2. The van der Waals surface area contributed by atoms with Crippen LogP contribution in [-0.4, -0.2) is 32.7 Å². The molecule has 0 spiro atoms. The first-order chi connectivity index (χ1) is 24.0. The predicted octanol–water partition coefficient (Wildman–Crippen LogP) is 11.2. The Hall–Kier alpha value is -4.18. The fraction of sp³-hybridized carbons (Fsp3) is 0.512. The van der Waals surface area contributed by atoms with E-state index in [9.17, 15) is 10.1 Å². The van der Waals surface area contributed by atoms with Gasteiger partial charge in [0, 0.05) is 30.7 Å². The van der Waals surface area contributed by atoms with Crippen molar-refractivity contribution in [2.45, 2.75) is 115 Å². The van der Waals surface area contributed by atoms with Crippen LogP contribution in [0, 0.1) is 35.9 Å². The lowest BCUT2D eigenvalue weighted by Gasteiger charge is -2.27. The predicted molar refractivity (Wildman–Crippen MR) is 215 cm³/mol. The average molecular weight is 691 g/mol. The number of aryl methyl sites for hydroxylation is 1. The van der Waals surface area contributed by atoms with Crippen LogP contribution in [-0.2, 0) is 9.59 Å². The number of halogens is 1. The Labute approximate surface area is 304 Å². The second-order valence-electron chi connectivity index (χ2n) is 11.9. The second-order valence-corrected chi connectivity index (χ2v) is 11.9. The van der Waals surface area contributed by atoms with Crippen molar-refractivity contribution < 1.29 is 14.0 Å². The Bertz CT molecular complexity index is 1390. The zero-order valence-electron chi connectivity index (χ0n) is 33.3. The van der Waals surface area contributed by atoms with Gasteiger partial charge in [0.05, 0.1) is 23.9 Å². The van der Waals surface area contributed by atoms with Gasteiger partial charge in [-0.2, -0.15) is 5.26 Å². The van der Waals surface area contributed by atoms with E-state index in [2.05, 4.69) is 33.8 Å². The maximum Gasteiger partial charge on any atom is 0.148 e. The highest BCUT2D eigenvalue weighted by Crippen LogP contribution is 2.32. The van der Waals surface area contributed by atoms with Gasteiger partial charge in [-0.1, -0.05) is 86.8 Å². The summed E-state index contributed by atoms with van der Waals surface area (Å²) in [5.41, 5.74) is 12.4. The van der Waals surface area contributed by atoms with Gasteiger partial charge in [0.25, 0.3) is 0 Å². The summed E-state index contributed by atoms with van der Waals surface area (Å²) in [7, 11) is 1.84. The SMILES string of the molecule is C/C=C(\C=C(\c1ccc(C#N)c(C)c1)N(C)c1ccc(N(CC=O)CCC(C)CC)cc1F)/C=C(/N)CCCC(C)CC.CC.CC.CC=O. The highest BCUT2D eigenvalue weighted by molar-refractivity contribution is 5.82. The summed E-state index contributed by atoms with van der Waals surface area (Å²) in [6.07, 6.45) is 13.8. The van der Waals surface area contributed by atoms with Crippen molar-refractivity contribution in [2.75, 3.05) is 29.9 Å². The molecule has 0 aliphatic rings. The molecule has 0 saturated heterocycles. The molecule has 2 rings (SSSR count). The minimum absolute atomic E-state index is 0.219. The summed E-state index contributed by atoms with van der Waals surface area (Å²) in [6.45, 7) is 23.0. The van der Waals surface area contributed by atoms with Crippen molar-refractivity contribution in [3.8, 4) is 6.07 Å². The van der Waals surface area contributed by atoms with Crippen LogP contribution < -0.4 is 15.5 Å². The fourth-order valence-corrected chi connectivity index (χ4v) is 4.92. The van der Waals surface area contributed by atoms with E-state index in [1.165, 1.54) is 13.0 Å². The molecule has 2 aromatic carbocycles. The van der Waals surface area contributed by atoms with Crippen LogP contribution in [0.2, 0.25) is 0 Å². The molecule has 0 aromatic heterocycles. The molecule has 0 aliphatic carbocycles. The first-order valence-electron chi connectivity index (χ1n) is 18.5. The molecule has 0 aliphatic heterocycles. The zero-order chi connectivity index (χ0) is 38.6. The van der Waals surface area contributed by atoms with Crippen molar-refractivity contribution in [2.24, 2.45) is 17.6 Å². The van der Waals surface area contributed by atoms with Crippen LogP contribution in [0.1, 0.15) is 124 Å². The fourth-order valence-electron chi connectivity index (χ4n) is 4.92. The number of allylic oxidation sites excluding steroid dienone is 5. The van der Waals surface area contributed by atoms with Gasteiger partial charge in [0.1, 0.15) is 18.4 Å². The number of carbonyl (C=O) groups excluding carboxylic acids is 2. The number of nitrogens with two attached hydrogens (primary N) is 1. The third-order valence-electron chi connectivity index (χ3n) is 8.39. The molecule has 0 saturated carbocycles. The van der Waals surface area contributed by atoms with E-state index in [0.717, 1.165) is 79.2 Å². The number of anilines is 2. The maximum atomic E-state index is 15.8. The quantitative estimate of drug-likeness (QED) is 0.131. The molecule has 0 radical (unpaired) electrons. The van der Waals surface area contributed by atoms with Gasteiger partial charge in [0.15, 0.2) is 0 Å². The Morgan fingerprint density at radius 1 is 0.960 bits per heavy atom. The lowest BCUT2D eigenvalue weighted by atomic mass is 9.99. The number of hydrogen-bond acceptors (Lipinski definition) is 6. The first kappa shape index (κ1) is 47.9. The highest BCUT2D eigenvalue weighted by Gasteiger charge is 2.18. The van der Waals surface area contributed by atoms with Gasteiger partial charge in [-0.15, -0.1) is 0 Å². The highest BCUT2D eigenvalue weighted by atomic mass is 19.1. The molecule has 50 heavy (non-hydrogen) atoms. The van der Waals surface area contributed by atoms with E-state index in [4.69, 9.17) is 10.5 Å². The van der Waals surface area contributed by atoms with Gasteiger partial charge >= 0.3 is 0 Å². The lowest BCUT2D eigenvalue weighted by molar-refractivity contribution is -0.107. The topological polar surface area (TPSA) is 90.4 Å². The number of hydrogen-bond donors (Lipinski definition) is 1. The Morgan fingerprint density at radius 2 is 1.56 bits per heavy atom. The summed E-state index contributed by atoms with van der Waals surface area (Å²) in [6, 6.07) is 13.0. The van der Waals surface area contributed by atoms with Crippen LogP contribution in [0.15, 0.2) is 65.9 Å². The third kappa shape index (κ3) is 17.5. The lowest BCUT2D eigenvalue weighted by Crippen LogP contribution is -2.28. The number of nitrogens with zero attached hydrogens (tertiary/aromatic N) is 3. The van der Waals surface area contributed by atoms with E-state index in [-0.39, 0.29) is 12.4 Å². The molecule has 2 aromatic rings. The van der Waals surface area contributed by atoms with Crippen LogP contribution in [0.5, 0.6) is 0 Å². The average Bonchev–Trinajstić information content (AvgIpc) is 3.13. The Kier molecular flexibility index (Phi) is 27.5. The van der Waals surface area contributed by atoms with E-state index in [1.807, 2.05) is 94.8 Å². The molecular weight excluding hydrogens is 623 g/mol. The van der Waals surface area contributed by atoms with Crippen molar-refractivity contribution >= 4 is 29.6 Å². The molecule has 0 heterocycles. The summed E-state index contributed by atoms with van der Waals surface area (Å²) in [5.74, 6) is 0.829. The minimum Gasteiger partial charge on any atom is -0.402 e. The zero-order valence-corrected chi connectivity index (χ0v) is 33.3. The normalized spacial score (nSPS) is 12.4. The molecular formula is C43H67FN4O2. The molecule has 0 bridgehead atoms. The standard InChI is InChI=1S/C37H51FN4O.C2H4O.2C2H6/c1-8-27(4)12-11-13-33(40)23-30(10-3)24-37(31-14-15-32(26-39)29(6)22-31)41(7)36-17-16-34(25-35(36)38)42(20-21-43)19-18-28(5)9-2;1-2-3;2*1-2/h10,14-17,21-25,27-28H,8-9,11-13,18-20,40H2,1-7H3;2H,1H3;2*1-2H3/b30-10-,33-23+,37-24-;;;.